The second-order valence-corrected chi connectivity index (χ2v) is 5.68. The standard InChI is InChI=1S/C16H18N5O7/c1-2-20-5-6-21(15(27)14(20)26)16(28)18-12(13(25)19-17-8-22)9-3-4-10(23)11(24)7-9/h3-4,7-8,12,23-24H,2,5-6H2,1H3,(H,18,28)(H,19,25). The number of urea groups is 1. The highest BCUT2D eigenvalue weighted by Gasteiger charge is 2.37. The quantitative estimate of drug-likeness (QED) is 0.194. The predicted octanol–water partition coefficient (Wildman–Crippen LogP) is -1.67. The third-order valence-electron chi connectivity index (χ3n) is 4.03. The van der Waals surface area contributed by atoms with E-state index >= 15 is 0 Å². The number of amides is 6. The Morgan fingerprint density at radius 1 is 1.21 bits per heavy atom. The second kappa shape index (κ2) is 8.70. The van der Waals surface area contributed by atoms with Gasteiger partial charge in [-0.05, 0) is 24.6 Å². The molecule has 1 aliphatic heterocycles. The zero-order chi connectivity index (χ0) is 20.8. The van der Waals surface area contributed by atoms with E-state index < -0.39 is 41.3 Å². The topological polar surface area (TPSA) is 170 Å². The summed E-state index contributed by atoms with van der Waals surface area (Å²) in [7, 11) is 0. The smallest absolute Gasteiger partial charge is 0.325 e. The van der Waals surface area contributed by atoms with Crippen molar-refractivity contribution in [1.29, 1.82) is 0 Å². The fourth-order valence-electron chi connectivity index (χ4n) is 2.55. The van der Waals surface area contributed by atoms with E-state index in [0.29, 0.717) is 11.4 Å². The molecule has 0 bridgehead atoms. The zero-order valence-corrected chi connectivity index (χ0v) is 14.8. The van der Waals surface area contributed by atoms with E-state index in [1.165, 1.54) is 11.0 Å². The average Bonchev–Trinajstić information content (AvgIpc) is 2.68. The first kappa shape index (κ1) is 20.5. The van der Waals surface area contributed by atoms with Crippen molar-refractivity contribution in [2.24, 2.45) is 0 Å². The molecule has 1 heterocycles. The Kier molecular flexibility index (Phi) is 6.37. The van der Waals surface area contributed by atoms with Crippen LogP contribution in [0.3, 0.4) is 0 Å². The van der Waals surface area contributed by atoms with Gasteiger partial charge in [-0.25, -0.2) is 10.2 Å². The molecule has 28 heavy (non-hydrogen) atoms. The van der Waals surface area contributed by atoms with Crippen LogP contribution in [0.1, 0.15) is 18.5 Å². The summed E-state index contributed by atoms with van der Waals surface area (Å²) < 4.78 is 0. The summed E-state index contributed by atoms with van der Waals surface area (Å²) in [5, 5.41) is 21.3. The van der Waals surface area contributed by atoms with Crippen molar-refractivity contribution >= 4 is 30.2 Å². The van der Waals surface area contributed by atoms with Crippen LogP contribution in [-0.2, 0) is 19.2 Å². The number of likely N-dealkylation sites (N-methyl/N-ethyl adjacent to an activating group) is 1. The van der Waals surface area contributed by atoms with E-state index in [4.69, 9.17) is 0 Å². The third kappa shape index (κ3) is 4.28. The van der Waals surface area contributed by atoms with Crippen LogP contribution in [0, 0.1) is 0 Å². The minimum Gasteiger partial charge on any atom is -0.504 e. The van der Waals surface area contributed by atoms with Crippen molar-refractivity contribution < 1.29 is 34.2 Å². The summed E-state index contributed by atoms with van der Waals surface area (Å²) in [5.74, 6) is -3.85. The monoisotopic (exact) mass is 392 g/mol. The molecule has 0 saturated carbocycles. The number of phenolic OH excluding ortho intramolecular Hbond substituents is 2. The molecule has 0 aliphatic carbocycles. The summed E-state index contributed by atoms with van der Waals surface area (Å²) in [6.07, 6.45) is 0.0667. The lowest BCUT2D eigenvalue weighted by atomic mass is 10.1. The number of rotatable bonds is 6. The molecular formula is C16H18N5O7. The van der Waals surface area contributed by atoms with Gasteiger partial charge < -0.3 is 20.4 Å². The molecule has 1 aromatic rings. The van der Waals surface area contributed by atoms with Gasteiger partial charge in [-0.3, -0.25) is 24.1 Å². The SMILES string of the molecule is CCN1CCN(C(=O)NC(C(=O)N[N]C=O)c2ccc(O)c(O)c2)C(=O)C1=O. The molecule has 1 saturated heterocycles. The van der Waals surface area contributed by atoms with E-state index in [2.05, 4.69) is 10.7 Å². The number of nitrogens with one attached hydrogen (secondary N) is 2. The minimum atomic E-state index is -1.48. The lowest BCUT2D eigenvalue weighted by Gasteiger charge is -2.32. The molecule has 0 aromatic heterocycles. The van der Waals surface area contributed by atoms with Crippen molar-refractivity contribution in [2.45, 2.75) is 13.0 Å². The first-order valence-electron chi connectivity index (χ1n) is 8.16. The van der Waals surface area contributed by atoms with Crippen LogP contribution in [0.15, 0.2) is 18.2 Å². The molecule has 1 radical (unpaired) electrons. The summed E-state index contributed by atoms with van der Waals surface area (Å²) in [5.41, 5.74) is 4.97. The molecule has 12 heteroatoms. The van der Waals surface area contributed by atoms with Crippen molar-refractivity contribution in [3.63, 3.8) is 0 Å². The molecule has 1 aromatic carbocycles. The van der Waals surface area contributed by atoms with Gasteiger partial charge in [0, 0.05) is 19.6 Å². The molecule has 1 unspecified atom stereocenters. The number of carbonyl (C=O) groups is 5. The normalized spacial score (nSPS) is 15.0. The lowest BCUT2D eigenvalue weighted by Crippen LogP contribution is -2.59. The Labute approximate surface area is 159 Å². The third-order valence-corrected chi connectivity index (χ3v) is 4.03. The molecule has 0 spiro atoms. The maximum atomic E-state index is 12.5. The van der Waals surface area contributed by atoms with Gasteiger partial charge >= 0.3 is 17.8 Å². The highest BCUT2D eigenvalue weighted by Crippen LogP contribution is 2.28. The fraction of sp³-hybridized carbons (Fsp3) is 0.312. The van der Waals surface area contributed by atoms with Gasteiger partial charge in [0.1, 0.15) is 6.04 Å². The Morgan fingerprint density at radius 3 is 2.54 bits per heavy atom. The summed E-state index contributed by atoms with van der Waals surface area (Å²) in [6, 6.07) is 0.844. The lowest BCUT2D eigenvalue weighted by molar-refractivity contribution is -0.153. The molecule has 1 aliphatic rings. The number of aromatic hydroxyl groups is 2. The number of hydrogen-bond acceptors (Lipinski definition) is 7. The minimum absolute atomic E-state index is 0.0354. The van der Waals surface area contributed by atoms with E-state index in [-0.39, 0.29) is 25.1 Å². The first-order valence-corrected chi connectivity index (χ1v) is 8.16. The van der Waals surface area contributed by atoms with Crippen molar-refractivity contribution in [1.82, 2.24) is 26.0 Å². The van der Waals surface area contributed by atoms with Crippen molar-refractivity contribution in [3.05, 3.63) is 23.8 Å². The number of imide groups is 1. The maximum absolute atomic E-state index is 12.5. The molecule has 1 atom stereocenters. The van der Waals surface area contributed by atoms with E-state index in [0.717, 1.165) is 12.1 Å². The largest absolute Gasteiger partial charge is 0.504 e. The molecule has 2 rings (SSSR count). The van der Waals surface area contributed by atoms with Gasteiger partial charge in [-0.1, -0.05) is 6.07 Å². The van der Waals surface area contributed by atoms with Crippen molar-refractivity contribution in [3.8, 4) is 11.5 Å². The van der Waals surface area contributed by atoms with Gasteiger partial charge in [0.2, 0.25) is 6.41 Å². The second-order valence-electron chi connectivity index (χ2n) is 5.68. The first-order chi connectivity index (χ1) is 13.3. The van der Waals surface area contributed by atoms with Crippen LogP contribution >= 0.6 is 0 Å². The van der Waals surface area contributed by atoms with Crippen LogP contribution in [-0.4, -0.2) is 69.8 Å². The number of nitrogens with zero attached hydrogens (tertiary/aromatic N) is 3. The number of hydrogen-bond donors (Lipinski definition) is 4. The molecule has 1 fully saturated rings. The summed E-state index contributed by atoms with van der Waals surface area (Å²) in [4.78, 5) is 61.1. The van der Waals surface area contributed by atoms with Crippen LogP contribution in [0.25, 0.3) is 0 Å². The maximum Gasteiger partial charge on any atom is 0.325 e. The number of piperazine rings is 1. The predicted molar refractivity (Wildman–Crippen MR) is 91.4 cm³/mol. The summed E-state index contributed by atoms with van der Waals surface area (Å²) >= 11 is 0. The zero-order valence-electron chi connectivity index (χ0n) is 14.8. The summed E-state index contributed by atoms with van der Waals surface area (Å²) in [6.45, 7) is 2.07. The van der Waals surface area contributed by atoms with E-state index in [1.807, 2.05) is 5.43 Å². The number of benzene rings is 1. The van der Waals surface area contributed by atoms with Crippen LogP contribution in [0.2, 0.25) is 0 Å². The average molecular weight is 392 g/mol. The highest BCUT2D eigenvalue weighted by atomic mass is 16.3. The Morgan fingerprint density at radius 2 is 1.93 bits per heavy atom. The number of phenols is 2. The van der Waals surface area contributed by atoms with E-state index in [1.54, 1.807) is 6.92 Å². The van der Waals surface area contributed by atoms with Gasteiger partial charge in [0.15, 0.2) is 11.5 Å². The van der Waals surface area contributed by atoms with Gasteiger partial charge in [0.25, 0.3) is 5.91 Å². The molecule has 149 valence electrons. The van der Waals surface area contributed by atoms with Gasteiger partial charge in [0.05, 0.1) is 0 Å². The van der Waals surface area contributed by atoms with Gasteiger partial charge in [-0.15, -0.1) is 5.43 Å². The van der Waals surface area contributed by atoms with Crippen LogP contribution in [0.5, 0.6) is 11.5 Å². The van der Waals surface area contributed by atoms with Crippen molar-refractivity contribution in [2.75, 3.05) is 19.6 Å². The molecule has 6 amide bonds. The highest BCUT2D eigenvalue weighted by molar-refractivity contribution is 6.38. The fourth-order valence-corrected chi connectivity index (χ4v) is 2.55. The Hall–Kier alpha value is -3.83. The van der Waals surface area contributed by atoms with E-state index in [9.17, 15) is 34.2 Å². The molecule has 4 N–H and O–H groups in total. The molecular weight excluding hydrogens is 374 g/mol. The Balaban J connectivity index is 2.24. The van der Waals surface area contributed by atoms with Gasteiger partial charge in [-0.2, -0.15) is 0 Å². The van der Waals surface area contributed by atoms with Crippen LogP contribution in [0.4, 0.5) is 4.79 Å². The number of carbonyl (C=O) groups excluding carboxylic acids is 5. The van der Waals surface area contributed by atoms with Crippen LogP contribution < -0.4 is 16.2 Å². The molecule has 12 nitrogen and oxygen atoms in total. The Bertz CT molecular complexity index is 813.